The molecule has 26 nitrogen and oxygen atoms in total. The molecule has 12 N–H and O–H groups in total. The molecule has 0 aliphatic heterocycles. The second kappa shape index (κ2) is 42.4. The predicted octanol–water partition coefficient (Wildman–Crippen LogP) is 3.42. The molecule has 492 valence electrons. The molecule has 0 aliphatic carbocycles. The molecule has 0 spiro atoms. The number of amides is 6. The molecule has 0 saturated carbocycles. The van der Waals surface area contributed by atoms with Gasteiger partial charge in [0.05, 0.1) is 0 Å². The SMILES string of the molecule is CC(C)(C)OC(=O)NCCCN(CCCCN(CCCN)C(=O)OC(C)(C)C)C(=O)OC(C)(C)C.CCCC(=O)N[C@H](CCc1c(C)c(=O)c1=O)C(=O)O.CCCC(=O)N[C@H](CCc1c(O)c(=O)c1=O)C(=O)NCCCNCCCCNCCCN. The molecule has 26 heteroatoms. The quantitative estimate of drug-likeness (QED) is 0.0261. The van der Waals surface area contributed by atoms with Crippen molar-refractivity contribution in [1.29, 1.82) is 0 Å². The highest BCUT2D eigenvalue weighted by Gasteiger charge is 2.28. The molecule has 0 unspecified atom stereocenters. The molecule has 2 aromatic rings. The van der Waals surface area contributed by atoms with E-state index in [9.17, 15) is 57.8 Å². The van der Waals surface area contributed by atoms with Gasteiger partial charge in [-0.05, 0) is 198 Å². The van der Waals surface area contributed by atoms with E-state index in [1.54, 1.807) is 37.5 Å². The summed E-state index contributed by atoms with van der Waals surface area (Å²) in [4.78, 5) is 132. The van der Waals surface area contributed by atoms with E-state index >= 15 is 0 Å². The minimum atomic E-state index is -1.14. The molecule has 0 aliphatic rings. The second-order valence-corrected chi connectivity index (χ2v) is 24.0. The number of alkyl carbamates (subject to hydrolysis) is 1. The first-order valence-corrected chi connectivity index (χ1v) is 30.4. The molecule has 6 amide bonds. The Labute approximate surface area is 508 Å². The number of carbonyl (C=O) groups is 7. The average molecular weight is 1220 g/mol. The molecule has 0 fully saturated rings. The van der Waals surface area contributed by atoms with Gasteiger partial charge in [-0.1, -0.05) is 13.8 Å². The van der Waals surface area contributed by atoms with Crippen molar-refractivity contribution in [3.8, 4) is 5.75 Å². The summed E-state index contributed by atoms with van der Waals surface area (Å²) in [7, 11) is 0. The van der Waals surface area contributed by atoms with Gasteiger partial charge in [0.2, 0.25) is 34.0 Å². The summed E-state index contributed by atoms with van der Waals surface area (Å²) in [5, 5.41) is 35.8. The zero-order valence-electron chi connectivity index (χ0n) is 53.6. The van der Waals surface area contributed by atoms with Crippen molar-refractivity contribution in [3.63, 3.8) is 0 Å². The van der Waals surface area contributed by atoms with Gasteiger partial charge in [0, 0.05) is 68.8 Å². The first-order valence-electron chi connectivity index (χ1n) is 30.4. The summed E-state index contributed by atoms with van der Waals surface area (Å²) in [6.45, 7) is 29.2. The summed E-state index contributed by atoms with van der Waals surface area (Å²) >= 11 is 0. The number of carboxylic acids is 1. The second-order valence-electron chi connectivity index (χ2n) is 24.0. The number of aromatic hydroxyl groups is 1. The third-order valence-corrected chi connectivity index (χ3v) is 12.5. The summed E-state index contributed by atoms with van der Waals surface area (Å²) in [5.41, 5.74) is 7.44. The smallest absolute Gasteiger partial charge is 0.410 e. The van der Waals surface area contributed by atoms with E-state index in [-0.39, 0.29) is 61.5 Å². The number of carbonyl (C=O) groups excluding carboxylic acids is 6. The minimum absolute atomic E-state index is 0.0244. The molecule has 2 atom stereocenters. The topological polar surface area (TPSA) is 387 Å². The van der Waals surface area contributed by atoms with Gasteiger partial charge in [0.1, 0.15) is 28.9 Å². The molecule has 2 rings (SSSR count). The fourth-order valence-corrected chi connectivity index (χ4v) is 8.03. The van der Waals surface area contributed by atoms with Crippen LogP contribution in [0.5, 0.6) is 5.75 Å². The number of ether oxygens (including phenoxy) is 3. The van der Waals surface area contributed by atoms with Crippen LogP contribution in [0.3, 0.4) is 0 Å². The fourth-order valence-electron chi connectivity index (χ4n) is 8.03. The number of carboxylic acid groups (broad SMARTS) is 1. The Bertz CT molecular complexity index is 2500. The predicted molar refractivity (Wildman–Crippen MR) is 331 cm³/mol. The number of aliphatic carboxylic acids is 1. The Morgan fingerprint density at radius 1 is 0.512 bits per heavy atom. The van der Waals surface area contributed by atoms with Crippen molar-refractivity contribution in [3.05, 3.63) is 57.6 Å². The third-order valence-electron chi connectivity index (χ3n) is 12.5. The van der Waals surface area contributed by atoms with Crippen LogP contribution in [-0.4, -0.2) is 169 Å². The van der Waals surface area contributed by atoms with Crippen molar-refractivity contribution < 1.29 is 58.0 Å². The highest BCUT2D eigenvalue weighted by molar-refractivity contribution is 5.87. The van der Waals surface area contributed by atoms with Gasteiger partial charge < -0.3 is 77.6 Å². The molecule has 0 saturated heterocycles. The van der Waals surface area contributed by atoms with E-state index < -0.39 is 74.5 Å². The van der Waals surface area contributed by atoms with Crippen molar-refractivity contribution in [2.45, 2.75) is 215 Å². The summed E-state index contributed by atoms with van der Waals surface area (Å²) in [5.74, 6) is -2.58. The summed E-state index contributed by atoms with van der Waals surface area (Å²) in [6.07, 6.45) is 7.61. The lowest BCUT2D eigenvalue weighted by atomic mass is 9.96. The number of nitrogens with one attached hydrogen (secondary N) is 6. The van der Waals surface area contributed by atoms with Crippen LogP contribution >= 0.6 is 0 Å². The lowest BCUT2D eigenvalue weighted by Crippen LogP contribution is -2.48. The van der Waals surface area contributed by atoms with Gasteiger partial charge in [-0.15, -0.1) is 0 Å². The molecular formula is C60H106N10O16. The van der Waals surface area contributed by atoms with E-state index in [1.165, 1.54) is 0 Å². The fraction of sp³-hybridized carbons (Fsp3) is 0.750. The van der Waals surface area contributed by atoms with Gasteiger partial charge in [0.15, 0.2) is 5.75 Å². The molecule has 2 aromatic carbocycles. The minimum Gasteiger partial charge on any atom is -0.504 e. The largest absolute Gasteiger partial charge is 0.504 e. The average Bonchev–Trinajstić information content (AvgIpc) is 1.09. The number of hydrogen-bond donors (Lipinski definition) is 10. The van der Waals surface area contributed by atoms with Crippen LogP contribution in [-0.2, 0) is 46.2 Å². The first-order chi connectivity index (χ1) is 40.2. The van der Waals surface area contributed by atoms with Gasteiger partial charge >= 0.3 is 24.2 Å². The van der Waals surface area contributed by atoms with Crippen molar-refractivity contribution >= 4 is 42.0 Å². The van der Waals surface area contributed by atoms with Crippen LogP contribution in [0.25, 0.3) is 0 Å². The van der Waals surface area contributed by atoms with E-state index in [0.717, 1.165) is 51.9 Å². The molecule has 0 aromatic heterocycles. The zero-order chi connectivity index (χ0) is 65.6. The summed E-state index contributed by atoms with van der Waals surface area (Å²) in [6, 6.07) is -1.85. The third kappa shape index (κ3) is 35.8. The van der Waals surface area contributed by atoms with Crippen LogP contribution in [0.4, 0.5) is 14.4 Å². The Morgan fingerprint density at radius 3 is 1.38 bits per heavy atom. The first kappa shape index (κ1) is 79.5. The number of rotatable bonds is 38. The van der Waals surface area contributed by atoms with Crippen LogP contribution in [0, 0.1) is 6.92 Å². The van der Waals surface area contributed by atoms with E-state index in [2.05, 4.69) is 31.9 Å². The van der Waals surface area contributed by atoms with Crippen molar-refractivity contribution in [1.82, 2.24) is 41.7 Å². The monoisotopic (exact) mass is 1220 g/mol. The molecule has 86 heavy (non-hydrogen) atoms. The lowest BCUT2D eigenvalue weighted by molar-refractivity contribution is -0.142. The highest BCUT2D eigenvalue weighted by atomic mass is 16.6. The Balaban J connectivity index is 0.00000131. The van der Waals surface area contributed by atoms with Crippen molar-refractivity contribution in [2.24, 2.45) is 11.5 Å². The molecule has 0 radical (unpaired) electrons. The Morgan fingerprint density at radius 2 is 0.930 bits per heavy atom. The van der Waals surface area contributed by atoms with Crippen LogP contribution in [0.1, 0.15) is 183 Å². The Hall–Kier alpha value is -6.51. The van der Waals surface area contributed by atoms with Crippen molar-refractivity contribution in [2.75, 3.05) is 78.5 Å². The molecule has 0 bridgehead atoms. The highest BCUT2D eigenvalue weighted by Crippen LogP contribution is 2.15. The number of nitrogens with two attached hydrogens (primary N) is 2. The number of unbranched alkanes of at least 4 members (excludes halogenated alkanes) is 2. The lowest BCUT2D eigenvalue weighted by Gasteiger charge is -2.29. The van der Waals surface area contributed by atoms with Crippen LogP contribution < -0.4 is 65.1 Å². The van der Waals surface area contributed by atoms with Gasteiger partial charge in [0.25, 0.3) is 5.43 Å². The number of nitrogens with zero attached hydrogens (tertiary/aromatic N) is 2. The Kier molecular flexibility index (Phi) is 39.1. The molecule has 0 heterocycles. The maximum atomic E-state index is 12.7. The van der Waals surface area contributed by atoms with Gasteiger partial charge in [-0.3, -0.25) is 33.6 Å². The van der Waals surface area contributed by atoms with E-state index in [1.807, 2.05) is 55.4 Å². The number of hydrogen-bond acceptors (Lipinski definition) is 19. The van der Waals surface area contributed by atoms with Gasteiger partial charge in [-0.2, -0.15) is 0 Å². The maximum Gasteiger partial charge on any atom is 0.410 e. The summed E-state index contributed by atoms with van der Waals surface area (Å²) < 4.78 is 16.3. The normalized spacial score (nSPS) is 12.1. The maximum absolute atomic E-state index is 12.7. The van der Waals surface area contributed by atoms with E-state index in [4.69, 9.17) is 30.8 Å². The standard InChI is InChI=1S/C25H50N4O6.C22H39N5O5.C13H17NO5/c1-23(2,3)33-20(30)27-15-13-19-29(22(32)35-25(7,8)9)17-11-10-16-28(18-12-14-26)21(31)34-24(4,5)6;1-2-7-18(28)27-17(9-8-16-19(29)21(31)20(16)30)22(32)26-15-6-14-25-12-4-3-11-24-13-5-10-23;1-3-4-10(15)14-9(13(18)19)6-5-8-7(2)11(16)12(8)17/h10-19,26H2,1-9H3,(H,27,30);17,24-25,29H,2-15,23H2,1H3,(H,26,32)(H,27,28);9H,3-6H2,1-2H3,(H,14,15)(H,18,19)/t;17-;9-/m.11/s1. The van der Waals surface area contributed by atoms with Gasteiger partial charge in [-0.25, -0.2) is 19.2 Å². The molecular weight excluding hydrogens is 1120 g/mol. The zero-order valence-corrected chi connectivity index (χ0v) is 53.6. The van der Waals surface area contributed by atoms with E-state index in [0.29, 0.717) is 108 Å². The van der Waals surface area contributed by atoms with Crippen LogP contribution in [0.2, 0.25) is 0 Å². The van der Waals surface area contributed by atoms with Crippen LogP contribution in [0.15, 0.2) is 19.2 Å².